The van der Waals surface area contributed by atoms with Crippen LogP contribution in [0.2, 0.25) is 0 Å². The number of ether oxygens (including phenoxy) is 2. The summed E-state index contributed by atoms with van der Waals surface area (Å²) in [6.45, 7) is 3.94. The summed E-state index contributed by atoms with van der Waals surface area (Å²) in [6, 6.07) is 10.6. The van der Waals surface area contributed by atoms with Gasteiger partial charge in [-0.15, -0.1) is 17.8 Å². The van der Waals surface area contributed by atoms with Crippen molar-refractivity contribution >= 4 is 34.7 Å². The summed E-state index contributed by atoms with van der Waals surface area (Å²) < 4.78 is 12.9. The fourth-order valence-electron chi connectivity index (χ4n) is 3.48. The van der Waals surface area contributed by atoms with Crippen molar-refractivity contribution in [1.29, 1.82) is 0 Å². The number of hydrogen-bond acceptors (Lipinski definition) is 7. The number of hydrogen-bond donors (Lipinski definition) is 0. The van der Waals surface area contributed by atoms with Crippen molar-refractivity contribution in [3.05, 3.63) is 83.2 Å². The number of thiophene rings is 1. The van der Waals surface area contributed by atoms with E-state index in [2.05, 4.69) is 10.9 Å². The Bertz CT molecular complexity index is 1410. The van der Waals surface area contributed by atoms with Crippen molar-refractivity contribution < 1.29 is 14.3 Å². The lowest BCUT2D eigenvalue weighted by Gasteiger charge is -2.23. The third kappa shape index (κ3) is 4.17. The first-order chi connectivity index (χ1) is 15.5. The summed E-state index contributed by atoms with van der Waals surface area (Å²) in [7, 11) is 0. The number of nitrogens with zero attached hydrogens (tertiary/aromatic N) is 2. The molecule has 32 heavy (non-hydrogen) atoms. The SMILES string of the molecule is C#CCOc1cccc(/C=c2\sc3n(c2=O)[C@@H](c2cccs2)C(C(=O)OCC)=C(C)N=3)c1. The molecule has 0 radical (unpaired) electrons. The van der Waals surface area contributed by atoms with Crippen molar-refractivity contribution in [2.45, 2.75) is 19.9 Å². The van der Waals surface area contributed by atoms with Gasteiger partial charge >= 0.3 is 5.97 Å². The van der Waals surface area contributed by atoms with Crippen molar-refractivity contribution in [3.63, 3.8) is 0 Å². The predicted molar refractivity (Wildman–Crippen MR) is 125 cm³/mol. The largest absolute Gasteiger partial charge is 0.481 e. The lowest BCUT2D eigenvalue weighted by atomic mass is 10.0. The van der Waals surface area contributed by atoms with E-state index in [1.165, 1.54) is 22.7 Å². The zero-order valence-corrected chi connectivity index (χ0v) is 19.2. The molecule has 1 atom stereocenters. The van der Waals surface area contributed by atoms with Crippen LogP contribution in [0.1, 0.15) is 30.3 Å². The Balaban J connectivity index is 1.86. The summed E-state index contributed by atoms with van der Waals surface area (Å²) in [4.78, 5) is 32.2. The van der Waals surface area contributed by atoms with Crippen LogP contribution in [-0.2, 0) is 9.53 Å². The maximum absolute atomic E-state index is 13.5. The van der Waals surface area contributed by atoms with Crippen LogP contribution in [-0.4, -0.2) is 23.8 Å². The van der Waals surface area contributed by atoms with Gasteiger partial charge < -0.3 is 9.47 Å². The Labute approximate surface area is 192 Å². The summed E-state index contributed by atoms with van der Waals surface area (Å²) in [5.41, 5.74) is 1.53. The van der Waals surface area contributed by atoms with E-state index >= 15 is 0 Å². The van der Waals surface area contributed by atoms with Crippen molar-refractivity contribution in [2.75, 3.05) is 13.2 Å². The number of aromatic nitrogens is 1. The van der Waals surface area contributed by atoms with E-state index < -0.39 is 12.0 Å². The Kier molecular flexibility index (Phi) is 6.40. The molecule has 1 aliphatic rings. The first kappa shape index (κ1) is 21.8. The molecule has 3 aromatic rings. The van der Waals surface area contributed by atoms with Crippen molar-refractivity contribution in [1.82, 2.24) is 4.57 Å². The highest BCUT2D eigenvalue weighted by Gasteiger charge is 2.33. The van der Waals surface area contributed by atoms with Crippen LogP contribution in [0.25, 0.3) is 6.08 Å². The zero-order chi connectivity index (χ0) is 22.7. The van der Waals surface area contributed by atoms with Crippen molar-refractivity contribution in [3.8, 4) is 18.1 Å². The number of benzene rings is 1. The molecular formula is C24H20N2O4S2. The molecule has 0 amide bonds. The van der Waals surface area contributed by atoms with E-state index in [1.807, 2.05) is 41.8 Å². The molecule has 0 unspecified atom stereocenters. The zero-order valence-electron chi connectivity index (χ0n) is 17.5. The second-order valence-corrected chi connectivity index (χ2v) is 8.87. The van der Waals surface area contributed by atoms with Crippen molar-refractivity contribution in [2.24, 2.45) is 4.99 Å². The molecule has 1 aromatic carbocycles. The highest BCUT2D eigenvalue weighted by molar-refractivity contribution is 7.10. The minimum absolute atomic E-state index is 0.169. The molecule has 0 saturated carbocycles. The summed E-state index contributed by atoms with van der Waals surface area (Å²) in [5, 5.41) is 1.92. The molecule has 0 fully saturated rings. The topological polar surface area (TPSA) is 69.9 Å². The molecule has 3 heterocycles. The van der Waals surface area contributed by atoms with Crippen LogP contribution < -0.4 is 19.6 Å². The summed E-state index contributed by atoms with van der Waals surface area (Å²) in [5.74, 6) is 2.60. The molecule has 1 aliphatic heterocycles. The van der Waals surface area contributed by atoms with Gasteiger partial charge in [0.25, 0.3) is 5.56 Å². The fraction of sp³-hybridized carbons (Fsp3) is 0.208. The lowest BCUT2D eigenvalue weighted by molar-refractivity contribution is -0.139. The van der Waals surface area contributed by atoms with Gasteiger partial charge in [-0.3, -0.25) is 9.36 Å². The van der Waals surface area contributed by atoms with Gasteiger partial charge in [-0.05, 0) is 49.1 Å². The number of terminal acetylenes is 1. The molecule has 0 bridgehead atoms. The first-order valence-electron chi connectivity index (χ1n) is 9.93. The van der Waals surface area contributed by atoms with E-state index in [1.54, 1.807) is 24.5 Å². The van der Waals surface area contributed by atoms with Gasteiger partial charge in [-0.1, -0.05) is 35.5 Å². The van der Waals surface area contributed by atoms with E-state index in [-0.39, 0.29) is 18.8 Å². The number of esters is 1. The van der Waals surface area contributed by atoms with Crippen LogP contribution in [0.5, 0.6) is 5.75 Å². The van der Waals surface area contributed by atoms with Gasteiger partial charge in [-0.25, -0.2) is 9.79 Å². The minimum atomic E-state index is -0.572. The van der Waals surface area contributed by atoms with Crippen LogP contribution in [0.15, 0.2) is 62.8 Å². The number of carbonyl (C=O) groups excluding carboxylic acids is 1. The standard InChI is InChI=1S/C24H20N2O4S2/c1-4-11-30-17-9-6-8-16(13-17)14-19-22(27)26-21(18-10-7-12-31-18)20(23(28)29-5-2)15(3)25-24(26)32-19/h1,6-10,12-14,21H,5,11H2,2-3H3/b19-14-/t21-/m0/s1. The van der Waals surface area contributed by atoms with Crippen LogP contribution in [0, 0.1) is 12.3 Å². The predicted octanol–water partition coefficient (Wildman–Crippen LogP) is 2.87. The third-order valence-electron chi connectivity index (χ3n) is 4.81. The van der Waals surface area contributed by atoms with Gasteiger partial charge in [0.05, 0.1) is 22.4 Å². The lowest BCUT2D eigenvalue weighted by Crippen LogP contribution is -2.39. The molecule has 0 saturated heterocycles. The van der Waals surface area contributed by atoms with Gasteiger partial charge in [0, 0.05) is 4.88 Å². The van der Waals surface area contributed by atoms with Crippen LogP contribution >= 0.6 is 22.7 Å². The molecular weight excluding hydrogens is 444 g/mol. The first-order valence-corrected chi connectivity index (χ1v) is 11.6. The molecule has 0 N–H and O–H groups in total. The Morgan fingerprint density at radius 3 is 2.91 bits per heavy atom. The second-order valence-electron chi connectivity index (χ2n) is 6.88. The second kappa shape index (κ2) is 9.39. The average Bonchev–Trinajstić information content (AvgIpc) is 3.41. The quantitative estimate of drug-likeness (QED) is 0.416. The van der Waals surface area contributed by atoms with E-state index in [0.717, 1.165) is 10.4 Å². The maximum atomic E-state index is 13.5. The Morgan fingerprint density at radius 1 is 1.34 bits per heavy atom. The normalized spacial score (nSPS) is 15.7. The average molecular weight is 465 g/mol. The Morgan fingerprint density at radius 2 is 2.19 bits per heavy atom. The van der Waals surface area contributed by atoms with E-state index in [9.17, 15) is 9.59 Å². The highest BCUT2D eigenvalue weighted by Crippen LogP contribution is 2.33. The molecule has 4 rings (SSSR count). The number of carbonyl (C=O) groups is 1. The number of allylic oxidation sites excluding steroid dienone is 1. The molecule has 162 valence electrons. The molecule has 2 aromatic heterocycles. The van der Waals surface area contributed by atoms with Crippen LogP contribution in [0.3, 0.4) is 0 Å². The highest BCUT2D eigenvalue weighted by atomic mass is 32.1. The number of fused-ring (bicyclic) bond motifs is 1. The fourth-order valence-corrected chi connectivity index (χ4v) is 5.35. The molecule has 8 heteroatoms. The number of rotatable bonds is 6. The van der Waals surface area contributed by atoms with E-state index in [4.69, 9.17) is 15.9 Å². The maximum Gasteiger partial charge on any atom is 0.338 e. The summed E-state index contributed by atoms with van der Waals surface area (Å²) >= 11 is 2.77. The molecule has 0 spiro atoms. The number of thiazole rings is 1. The smallest absolute Gasteiger partial charge is 0.338 e. The van der Waals surface area contributed by atoms with Gasteiger partial charge in [0.2, 0.25) is 0 Å². The van der Waals surface area contributed by atoms with Gasteiger partial charge in [-0.2, -0.15) is 0 Å². The monoisotopic (exact) mass is 464 g/mol. The Hall–Kier alpha value is -3.41. The van der Waals surface area contributed by atoms with Gasteiger partial charge in [0.1, 0.15) is 18.4 Å². The van der Waals surface area contributed by atoms with Gasteiger partial charge in [0.15, 0.2) is 4.80 Å². The van der Waals surface area contributed by atoms with E-state index in [0.29, 0.717) is 26.4 Å². The minimum Gasteiger partial charge on any atom is -0.481 e. The third-order valence-corrected chi connectivity index (χ3v) is 6.72. The summed E-state index contributed by atoms with van der Waals surface area (Å²) in [6.07, 6.45) is 7.05. The molecule has 0 aliphatic carbocycles. The van der Waals surface area contributed by atoms with Crippen LogP contribution in [0.4, 0.5) is 0 Å². The molecule has 6 nitrogen and oxygen atoms in total.